The summed E-state index contributed by atoms with van der Waals surface area (Å²) in [6, 6.07) is 6.37. The van der Waals surface area contributed by atoms with E-state index in [1.807, 2.05) is 22.6 Å². The fraction of sp³-hybridized carbons (Fsp3) is 0.250. The maximum Gasteiger partial charge on any atom is 0.187 e. The lowest BCUT2D eigenvalue weighted by molar-refractivity contribution is 0.414. The number of rotatable bonds is 3. The molecule has 0 spiro atoms. The highest BCUT2D eigenvalue weighted by molar-refractivity contribution is 14.1. The van der Waals surface area contributed by atoms with Crippen molar-refractivity contribution in [1.29, 1.82) is 0 Å². The summed E-state index contributed by atoms with van der Waals surface area (Å²) in [5, 5.41) is 0. The largest absolute Gasteiger partial charge is 0.497 e. The minimum absolute atomic E-state index is 0.0943. The third-order valence-electron chi connectivity index (χ3n) is 1.56. The smallest absolute Gasteiger partial charge is 0.187 e. The van der Waals surface area contributed by atoms with Crippen LogP contribution >= 0.6 is 22.6 Å². The molecule has 0 amide bonds. The van der Waals surface area contributed by atoms with Gasteiger partial charge in [-0.2, -0.15) is 0 Å². The summed E-state index contributed by atoms with van der Waals surface area (Å²) in [6.07, 6.45) is 0. The standard InChI is InChI=1S/C8H9IO3S/c1-12-7-2-4-8(5-3-7)13(10,11)6-9/h2-5H,6H2,1H3. The summed E-state index contributed by atoms with van der Waals surface area (Å²) in [4.78, 5) is 0.336. The van der Waals surface area contributed by atoms with Gasteiger partial charge in [-0.15, -0.1) is 0 Å². The molecule has 1 rings (SSSR count). The molecule has 0 bridgehead atoms. The van der Waals surface area contributed by atoms with Crippen molar-refractivity contribution in [3.63, 3.8) is 0 Å². The summed E-state index contributed by atoms with van der Waals surface area (Å²) in [5.74, 6) is 0.660. The van der Waals surface area contributed by atoms with Crippen LogP contribution in [0, 0.1) is 0 Å². The van der Waals surface area contributed by atoms with E-state index in [1.54, 1.807) is 31.4 Å². The summed E-state index contributed by atoms with van der Waals surface area (Å²) >= 11 is 1.83. The molecule has 13 heavy (non-hydrogen) atoms. The first-order valence-electron chi connectivity index (χ1n) is 3.53. The molecule has 0 saturated heterocycles. The van der Waals surface area contributed by atoms with Crippen molar-refractivity contribution in [1.82, 2.24) is 0 Å². The second-order valence-electron chi connectivity index (χ2n) is 2.40. The van der Waals surface area contributed by atoms with Crippen molar-refractivity contribution in [3.8, 4) is 5.75 Å². The Bertz CT molecular complexity index is 369. The Morgan fingerprint density at radius 2 is 1.85 bits per heavy atom. The van der Waals surface area contributed by atoms with Crippen LogP contribution in [0.4, 0.5) is 0 Å². The van der Waals surface area contributed by atoms with Gasteiger partial charge in [0.1, 0.15) is 9.51 Å². The van der Waals surface area contributed by atoms with Crippen LogP contribution in [0.5, 0.6) is 5.75 Å². The van der Waals surface area contributed by atoms with Gasteiger partial charge in [-0.1, -0.05) is 22.6 Å². The summed E-state index contributed by atoms with van der Waals surface area (Å²) in [5.41, 5.74) is 0. The van der Waals surface area contributed by atoms with E-state index < -0.39 is 9.84 Å². The molecule has 0 radical (unpaired) electrons. The normalized spacial score (nSPS) is 11.2. The van der Waals surface area contributed by atoms with Gasteiger partial charge in [0, 0.05) is 0 Å². The van der Waals surface area contributed by atoms with Gasteiger partial charge >= 0.3 is 0 Å². The third-order valence-corrected chi connectivity index (χ3v) is 5.30. The first kappa shape index (κ1) is 10.8. The molecule has 3 nitrogen and oxygen atoms in total. The van der Waals surface area contributed by atoms with Crippen molar-refractivity contribution < 1.29 is 13.2 Å². The predicted molar refractivity (Wildman–Crippen MR) is 59.1 cm³/mol. The highest BCUT2D eigenvalue weighted by Gasteiger charge is 2.11. The number of methoxy groups -OCH3 is 1. The fourth-order valence-electron chi connectivity index (χ4n) is 0.846. The lowest BCUT2D eigenvalue weighted by Gasteiger charge is -2.01. The van der Waals surface area contributed by atoms with Gasteiger partial charge < -0.3 is 4.74 Å². The van der Waals surface area contributed by atoms with Crippen molar-refractivity contribution in [2.45, 2.75) is 4.90 Å². The number of ether oxygens (including phenoxy) is 1. The van der Waals surface area contributed by atoms with Gasteiger partial charge in [-0.25, -0.2) is 8.42 Å². The van der Waals surface area contributed by atoms with E-state index in [2.05, 4.69) is 0 Å². The molecule has 0 unspecified atom stereocenters. The number of halogens is 1. The predicted octanol–water partition coefficient (Wildman–Crippen LogP) is 1.86. The molecule has 72 valence electrons. The molecule has 0 aromatic heterocycles. The molecule has 0 atom stereocenters. The van der Waals surface area contributed by atoms with E-state index in [-0.39, 0.29) is 3.76 Å². The minimum atomic E-state index is -3.09. The number of sulfone groups is 1. The molecular weight excluding hydrogens is 303 g/mol. The Morgan fingerprint density at radius 3 is 2.23 bits per heavy atom. The molecular formula is C8H9IO3S. The summed E-state index contributed by atoms with van der Waals surface area (Å²) in [7, 11) is -1.55. The van der Waals surface area contributed by atoms with Crippen LogP contribution in [0.15, 0.2) is 29.2 Å². The Morgan fingerprint density at radius 1 is 1.31 bits per heavy atom. The average molecular weight is 312 g/mol. The maximum atomic E-state index is 11.4. The Labute approximate surface area is 91.2 Å². The van der Waals surface area contributed by atoms with E-state index in [0.717, 1.165) is 0 Å². The van der Waals surface area contributed by atoms with Crippen molar-refractivity contribution >= 4 is 32.4 Å². The first-order chi connectivity index (χ1) is 6.10. The van der Waals surface area contributed by atoms with Crippen LogP contribution in [-0.2, 0) is 9.84 Å². The molecule has 1 aromatic rings. The Hall–Kier alpha value is -0.300. The highest BCUT2D eigenvalue weighted by atomic mass is 127. The van der Waals surface area contributed by atoms with E-state index in [1.165, 1.54) is 0 Å². The fourth-order valence-corrected chi connectivity index (χ4v) is 2.60. The third kappa shape index (κ3) is 2.57. The molecule has 0 aliphatic carbocycles. The van der Waals surface area contributed by atoms with Gasteiger partial charge in [-0.05, 0) is 24.3 Å². The molecule has 0 N–H and O–H groups in total. The lowest BCUT2D eigenvalue weighted by Crippen LogP contribution is -2.00. The quantitative estimate of drug-likeness (QED) is 0.632. The van der Waals surface area contributed by atoms with Crippen molar-refractivity contribution in [2.75, 3.05) is 10.9 Å². The molecule has 0 fully saturated rings. The first-order valence-corrected chi connectivity index (χ1v) is 6.70. The lowest BCUT2D eigenvalue weighted by atomic mass is 10.3. The minimum Gasteiger partial charge on any atom is -0.497 e. The zero-order valence-electron chi connectivity index (χ0n) is 7.03. The van der Waals surface area contributed by atoms with Crippen LogP contribution in [-0.4, -0.2) is 19.3 Å². The van der Waals surface area contributed by atoms with Gasteiger partial charge in [0.2, 0.25) is 0 Å². The van der Waals surface area contributed by atoms with Crippen molar-refractivity contribution in [2.24, 2.45) is 0 Å². The summed E-state index contributed by atoms with van der Waals surface area (Å²) < 4.78 is 27.7. The van der Waals surface area contributed by atoms with Gasteiger partial charge in [0.25, 0.3) is 0 Å². The molecule has 0 aliphatic heterocycles. The van der Waals surface area contributed by atoms with Gasteiger partial charge in [0.15, 0.2) is 9.84 Å². The second-order valence-corrected chi connectivity index (χ2v) is 6.19. The highest BCUT2D eigenvalue weighted by Crippen LogP contribution is 2.17. The SMILES string of the molecule is COc1ccc(S(=O)(=O)CI)cc1. The summed E-state index contributed by atoms with van der Waals surface area (Å²) in [6.45, 7) is 0. The number of alkyl halides is 1. The van der Waals surface area contributed by atoms with Gasteiger partial charge in [-0.3, -0.25) is 0 Å². The van der Waals surface area contributed by atoms with E-state index in [4.69, 9.17) is 4.74 Å². The van der Waals surface area contributed by atoms with Crippen LogP contribution in [0.1, 0.15) is 0 Å². The zero-order valence-corrected chi connectivity index (χ0v) is 10.0. The number of benzene rings is 1. The average Bonchev–Trinajstić information content (AvgIpc) is 2.18. The van der Waals surface area contributed by atoms with Crippen molar-refractivity contribution in [3.05, 3.63) is 24.3 Å². The van der Waals surface area contributed by atoms with Crippen LogP contribution in [0.25, 0.3) is 0 Å². The van der Waals surface area contributed by atoms with E-state index in [0.29, 0.717) is 10.6 Å². The molecule has 1 aromatic carbocycles. The van der Waals surface area contributed by atoms with Crippen LogP contribution in [0.2, 0.25) is 0 Å². The van der Waals surface area contributed by atoms with E-state index >= 15 is 0 Å². The Balaban J connectivity index is 3.06. The second kappa shape index (κ2) is 4.28. The monoisotopic (exact) mass is 312 g/mol. The number of hydrogen-bond donors (Lipinski definition) is 0. The van der Waals surface area contributed by atoms with E-state index in [9.17, 15) is 8.42 Å². The topological polar surface area (TPSA) is 43.4 Å². The molecule has 0 heterocycles. The number of hydrogen-bond acceptors (Lipinski definition) is 3. The Kier molecular flexibility index (Phi) is 3.55. The van der Waals surface area contributed by atoms with Crippen LogP contribution < -0.4 is 4.74 Å². The zero-order chi connectivity index (χ0) is 9.90. The maximum absolute atomic E-state index is 11.4. The molecule has 5 heteroatoms. The van der Waals surface area contributed by atoms with Gasteiger partial charge in [0.05, 0.1) is 12.0 Å². The van der Waals surface area contributed by atoms with Crippen LogP contribution in [0.3, 0.4) is 0 Å². The molecule has 0 aliphatic rings. The molecule has 0 saturated carbocycles.